The van der Waals surface area contributed by atoms with Crippen LogP contribution >= 0.6 is 0 Å². The molecule has 4 nitrogen and oxygen atoms in total. The second-order valence-corrected chi connectivity index (χ2v) is 7.23. The van der Waals surface area contributed by atoms with Gasteiger partial charge in [0.05, 0.1) is 0 Å². The van der Waals surface area contributed by atoms with Gasteiger partial charge in [0.2, 0.25) is 0 Å². The average Bonchev–Trinajstić information content (AvgIpc) is 3.02. The number of rotatable bonds is 6. The number of carbonyl (C=O) groups is 2. The van der Waals surface area contributed by atoms with E-state index in [9.17, 15) is 9.59 Å². The molecule has 0 radical (unpaired) electrons. The van der Waals surface area contributed by atoms with Crippen LogP contribution in [0.15, 0.2) is 48.5 Å². The number of amides is 2. The molecular weight excluding hydrogens is 336 g/mol. The predicted octanol–water partition coefficient (Wildman–Crippen LogP) is 4.54. The standard InChI is InChI=1S/C23H28N2O2/c1-4-14-24(15-5-2)22(26)18-10-12-19(13-11-18)23(27)25-17(3)16-20-8-6-7-9-21(20)25/h6-13,17H,4-5,14-16H2,1-3H3. The van der Waals surface area contributed by atoms with Gasteiger partial charge in [-0.1, -0.05) is 32.0 Å². The number of benzene rings is 2. The quantitative estimate of drug-likeness (QED) is 0.755. The molecule has 1 aliphatic rings. The number of hydrogen-bond acceptors (Lipinski definition) is 2. The molecule has 1 aliphatic heterocycles. The molecular formula is C23H28N2O2. The van der Waals surface area contributed by atoms with Crippen molar-refractivity contribution in [3.63, 3.8) is 0 Å². The van der Waals surface area contributed by atoms with Crippen molar-refractivity contribution >= 4 is 17.5 Å². The lowest BCUT2D eigenvalue weighted by molar-refractivity contribution is 0.0755. The Kier molecular flexibility index (Phi) is 5.94. The number of hydrogen-bond donors (Lipinski definition) is 0. The van der Waals surface area contributed by atoms with Gasteiger partial charge in [0.15, 0.2) is 0 Å². The fourth-order valence-electron chi connectivity index (χ4n) is 3.81. The van der Waals surface area contributed by atoms with E-state index in [1.807, 2.05) is 28.0 Å². The lowest BCUT2D eigenvalue weighted by Gasteiger charge is -2.23. The van der Waals surface area contributed by atoms with Crippen LogP contribution in [0.1, 0.15) is 59.9 Å². The highest BCUT2D eigenvalue weighted by Gasteiger charge is 2.31. The highest BCUT2D eigenvalue weighted by molar-refractivity contribution is 6.08. The van der Waals surface area contributed by atoms with Crippen LogP contribution in [0, 0.1) is 0 Å². The SMILES string of the molecule is CCCN(CCC)C(=O)c1ccc(C(=O)N2c3ccccc3CC2C)cc1. The number of carbonyl (C=O) groups excluding carboxylic acids is 2. The van der Waals surface area contributed by atoms with Crippen LogP contribution < -0.4 is 4.90 Å². The minimum absolute atomic E-state index is 0.00887. The number of fused-ring (bicyclic) bond motifs is 1. The monoisotopic (exact) mass is 364 g/mol. The van der Waals surface area contributed by atoms with Gasteiger partial charge in [-0.25, -0.2) is 0 Å². The zero-order valence-electron chi connectivity index (χ0n) is 16.4. The molecule has 0 aromatic heterocycles. The third-order valence-corrected chi connectivity index (χ3v) is 5.08. The molecule has 1 heterocycles. The minimum Gasteiger partial charge on any atom is -0.339 e. The van der Waals surface area contributed by atoms with Crippen molar-refractivity contribution in [2.45, 2.75) is 46.1 Å². The summed E-state index contributed by atoms with van der Waals surface area (Å²) in [5.74, 6) is 0.0306. The van der Waals surface area contributed by atoms with Crippen LogP contribution in [0.25, 0.3) is 0 Å². The molecule has 3 rings (SSSR count). The highest BCUT2D eigenvalue weighted by atomic mass is 16.2. The molecule has 142 valence electrons. The van der Waals surface area contributed by atoms with Crippen LogP contribution in [0.3, 0.4) is 0 Å². The third-order valence-electron chi connectivity index (χ3n) is 5.08. The van der Waals surface area contributed by atoms with Gasteiger partial charge in [-0.2, -0.15) is 0 Å². The zero-order valence-corrected chi connectivity index (χ0v) is 16.4. The van der Waals surface area contributed by atoms with E-state index < -0.39 is 0 Å². The van der Waals surface area contributed by atoms with Crippen molar-refractivity contribution < 1.29 is 9.59 Å². The smallest absolute Gasteiger partial charge is 0.258 e. The Labute approximate surface area is 161 Å². The first-order valence-electron chi connectivity index (χ1n) is 9.87. The summed E-state index contributed by atoms with van der Waals surface area (Å²) in [6.45, 7) is 7.74. The van der Waals surface area contributed by atoms with Crippen molar-refractivity contribution in [1.82, 2.24) is 4.90 Å². The molecule has 0 bridgehead atoms. The van der Waals surface area contributed by atoms with Gasteiger partial charge in [-0.05, 0) is 62.1 Å². The summed E-state index contributed by atoms with van der Waals surface area (Å²) in [7, 11) is 0. The first kappa shape index (κ1) is 19.2. The normalized spacial score (nSPS) is 15.5. The van der Waals surface area contributed by atoms with E-state index in [1.165, 1.54) is 5.56 Å². The lowest BCUT2D eigenvalue weighted by atomic mass is 10.1. The molecule has 0 fully saturated rings. The molecule has 0 spiro atoms. The van der Waals surface area contributed by atoms with Crippen molar-refractivity contribution in [3.8, 4) is 0 Å². The van der Waals surface area contributed by atoms with E-state index in [0.29, 0.717) is 11.1 Å². The van der Waals surface area contributed by atoms with Crippen LogP contribution in [0.5, 0.6) is 0 Å². The van der Waals surface area contributed by atoms with Gasteiger partial charge in [-0.15, -0.1) is 0 Å². The Morgan fingerprint density at radius 3 is 2.19 bits per heavy atom. The Morgan fingerprint density at radius 1 is 0.963 bits per heavy atom. The maximum atomic E-state index is 13.1. The molecule has 27 heavy (non-hydrogen) atoms. The molecule has 1 atom stereocenters. The number of anilines is 1. The van der Waals surface area contributed by atoms with Crippen LogP contribution in [-0.4, -0.2) is 35.8 Å². The van der Waals surface area contributed by atoms with E-state index in [2.05, 4.69) is 26.8 Å². The molecule has 0 saturated carbocycles. The van der Waals surface area contributed by atoms with E-state index in [1.54, 1.807) is 24.3 Å². The van der Waals surface area contributed by atoms with Crippen molar-refractivity contribution in [3.05, 3.63) is 65.2 Å². The molecule has 4 heteroatoms. The maximum Gasteiger partial charge on any atom is 0.258 e. The summed E-state index contributed by atoms with van der Waals surface area (Å²) >= 11 is 0. The fraction of sp³-hybridized carbons (Fsp3) is 0.391. The predicted molar refractivity (Wildman–Crippen MR) is 109 cm³/mol. The molecule has 2 aromatic carbocycles. The Balaban J connectivity index is 1.79. The molecule has 0 aliphatic carbocycles. The van der Waals surface area contributed by atoms with Gasteiger partial charge in [0.1, 0.15) is 0 Å². The van der Waals surface area contributed by atoms with Gasteiger partial charge in [0.25, 0.3) is 11.8 Å². The van der Waals surface area contributed by atoms with Crippen LogP contribution in [0.4, 0.5) is 5.69 Å². The average molecular weight is 364 g/mol. The van der Waals surface area contributed by atoms with Crippen molar-refractivity contribution in [1.29, 1.82) is 0 Å². The van der Waals surface area contributed by atoms with Crippen LogP contribution in [0.2, 0.25) is 0 Å². The topological polar surface area (TPSA) is 40.6 Å². The zero-order chi connectivity index (χ0) is 19.4. The number of nitrogens with zero attached hydrogens (tertiary/aromatic N) is 2. The summed E-state index contributed by atoms with van der Waals surface area (Å²) < 4.78 is 0. The maximum absolute atomic E-state index is 13.1. The van der Waals surface area contributed by atoms with Crippen molar-refractivity contribution in [2.24, 2.45) is 0 Å². The second-order valence-electron chi connectivity index (χ2n) is 7.23. The summed E-state index contributed by atoms with van der Waals surface area (Å²) in [6.07, 6.45) is 2.75. The van der Waals surface area contributed by atoms with E-state index >= 15 is 0 Å². The first-order valence-corrected chi connectivity index (χ1v) is 9.87. The Morgan fingerprint density at radius 2 is 1.56 bits per heavy atom. The third kappa shape index (κ3) is 3.90. The molecule has 0 N–H and O–H groups in total. The summed E-state index contributed by atoms with van der Waals surface area (Å²) in [5, 5.41) is 0. The van der Waals surface area contributed by atoms with E-state index in [4.69, 9.17) is 0 Å². The summed E-state index contributed by atoms with van der Waals surface area (Å²) in [6, 6.07) is 15.3. The summed E-state index contributed by atoms with van der Waals surface area (Å²) in [4.78, 5) is 29.5. The molecule has 0 saturated heterocycles. The molecule has 2 amide bonds. The van der Waals surface area contributed by atoms with Crippen LogP contribution in [-0.2, 0) is 6.42 Å². The van der Waals surface area contributed by atoms with Gasteiger partial charge in [-0.3, -0.25) is 9.59 Å². The number of para-hydroxylation sites is 1. The lowest BCUT2D eigenvalue weighted by Crippen LogP contribution is -2.36. The van der Waals surface area contributed by atoms with Gasteiger partial charge in [0, 0.05) is 35.9 Å². The van der Waals surface area contributed by atoms with E-state index in [0.717, 1.165) is 38.0 Å². The van der Waals surface area contributed by atoms with Gasteiger partial charge < -0.3 is 9.80 Å². The minimum atomic E-state index is -0.00887. The highest BCUT2D eigenvalue weighted by Crippen LogP contribution is 2.33. The second kappa shape index (κ2) is 8.38. The van der Waals surface area contributed by atoms with Crippen molar-refractivity contribution in [2.75, 3.05) is 18.0 Å². The fourth-order valence-corrected chi connectivity index (χ4v) is 3.81. The molecule has 2 aromatic rings. The summed E-state index contributed by atoms with van der Waals surface area (Å²) in [5.41, 5.74) is 3.46. The Hall–Kier alpha value is -2.62. The Bertz CT molecular complexity index is 807. The first-order chi connectivity index (χ1) is 13.1. The molecule has 1 unspecified atom stereocenters. The largest absolute Gasteiger partial charge is 0.339 e. The van der Waals surface area contributed by atoms with E-state index in [-0.39, 0.29) is 17.9 Å². The van der Waals surface area contributed by atoms with Gasteiger partial charge >= 0.3 is 0 Å².